The zero-order valence-corrected chi connectivity index (χ0v) is 15.6. The molecule has 1 atom stereocenters. The summed E-state index contributed by atoms with van der Waals surface area (Å²) < 4.78 is 11.2. The predicted molar refractivity (Wildman–Crippen MR) is 103 cm³/mol. The molecule has 1 heterocycles. The van der Waals surface area contributed by atoms with Gasteiger partial charge in [-0.25, -0.2) is 4.79 Å². The minimum absolute atomic E-state index is 0.0520. The maximum Gasteiger partial charge on any atom is 0.409 e. The Balaban J connectivity index is 1.48. The Hall–Kier alpha value is -2.37. The number of hydrogen-bond donors (Lipinski definition) is 1. The zero-order valence-electron chi connectivity index (χ0n) is 15.6. The Morgan fingerprint density at radius 2 is 1.78 bits per heavy atom. The minimum atomic E-state index is -0.677. The Bertz CT molecular complexity index is 785. The third-order valence-corrected chi connectivity index (χ3v) is 5.85. The molecule has 1 N–H and O–H groups in total. The van der Waals surface area contributed by atoms with Gasteiger partial charge in [-0.05, 0) is 35.1 Å². The summed E-state index contributed by atoms with van der Waals surface area (Å²) in [5, 5.41) is 9.66. The molecule has 4 rings (SSSR count). The van der Waals surface area contributed by atoms with Gasteiger partial charge in [0.2, 0.25) is 0 Å². The maximum absolute atomic E-state index is 12.7. The van der Waals surface area contributed by atoms with Gasteiger partial charge in [0.05, 0.1) is 13.2 Å². The molecule has 1 amide bonds. The van der Waals surface area contributed by atoms with Gasteiger partial charge >= 0.3 is 6.09 Å². The van der Waals surface area contributed by atoms with E-state index in [1.807, 2.05) is 24.3 Å². The highest BCUT2D eigenvalue weighted by Gasteiger charge is 2.38. The number of piperidine rings is 1. The fourth-order valence-corrected chi connectivity index (χ4v) is 4.30. The van der Waals surface area contributed by atoms with Crippen LogP contribution in [0.2, 0.25) is 0 Å². The molecule has 1 aliphatic heterocycles. The van der Waals surface area contributed by atoms with Crippen LogP contribution in [0.1, 0.15) is 29.9 Å². The fourth-order valence-electron chi connectivity index (χ4n) is 4.30. The largest absolute Gasteiger partial charge is 0.448 e. The first-order valence-corrected chi connectivity index (χ1v) is 9.43. The summed E-state index contributed by atoms with van der Waals surface area (Å²) in [6.07, 6.45) is 1.19. The molecule has 1 unspecified atom stereocenters. The van der Waals surface area contributed by atoms with Crippen molar-refractivity contribution in [1.29, 1.82) is 0 Å². The molecule has 1 fully saturated rings. The van der Waals surface area contributed by atoms with Crippen LogP contribution < -0.4 is 0 Å². The summed E-state index contributed by atoms with van der Waals surface area (Å²) in [4.78, 5) is 14.3. The van der Waals surface area contributed by atoms with E-state index in [9.17, 15) is 9.90 Å². The average molecular weight is 367 g/mol. The molecule has 1 aliphatic carbocycles. The van der Waals surface area contributed by atoms with Gasteiger partial charge in [0, 0.05) is 19.6 Å². The van der Waals surface area contributed by atoms with Gasteiger partial charge in [0.15, 0.2) is 0 Å². The number of methoxy groups -OCH3 is 1. The third kappa shape index (κ3) is 3.22. The van der Waals surface area contributed by atoms with Crippen LogP contribution in [0.3, 0.4) is 0 Å². The molecule has 0 spiro atoms. The van der Waals surface area contributed by atoms with Crippen LogP contribution >= 0.6 is 0 Å². The van der Waals surface area contributed by atoms with Crippen molar-refractivity contribution in [3.05, 3.63) is 59.7 Å². The quantitative estimate of drug-likeness (QED) is 0.900. The van der Waals surface area contributed by atoms with Crippen molar-refractivity contribution in [1.82, 2.24) is 4.90 Å². The van der Waals surface area contributed by atoms with Crippen LogP contribution in [-0.4, -0.2) is 55.1 Å². The van der Waals surface area contributed by atoms with Crippen LogP contribution in [0.5, 0.6) is 0 Å². The highest BCUT2D eigenvalue weighted by molar-refractivity contribution is 5.79. The molecule has 5 nitrogen and oxygen atoms in total. The summed E-state index contributed by atoms with van der Waals surface area (Å²) in [5.41, 5.74) is 4.15. The number of rotatable bonds is 4. The first-order chi connectivity index (χ1) is 13.2. The third-order valence-electron chi connectivity index (χ3n) is 5.85. The molecule has 5 heteroatoms. The number of carbonyl (C=O) groups excluding carboxylic acids is 1. The van der Waals surface area contributed by atoms with Crippen LogP contribution in [-0.2, 0) is 9.47 Å². The van der Waals surface area contributed by atoms with Crippen LogP contribution in [0.25, 0.3) is 11.1 Å². The van der Waals surface area contributed by atoms with Crippen molar-refractivity contribution < 1.29 is 19.4 Å². The molecule has 0 bridgehead atoms. The Labute approximate surface area is 159 Å². The summed E-state index contributed by atoms with van der Waals surface area (Å²) in [5.74, 6) is 0.0520. The lowest BCUT2D eigenvalue weighted by Gasteiger charge is -2.40. The number of aliphatic hydroxyl groups excluding tert-OH is 1. The summed E-state index contributed by atoms with van der Waals surface area (Å²) in [6, 6.07) is 16.6. The van der Waals surface area contributed by atoms with Crippen LogP contribution in [0, 0.1) is 0 Å². The molecule has 27 heavy (non-hydrogen) atoms. The van der Waals surface area contributed by atoms with Gasteiger partial charge in [0.25, 0.3) is 0 Å². The lowest BCUT2D eigenvalue weighted by molar-refractivity contribution is -0.0914. The van der Waals surface area contributed by atoms with E-state index in [2.05, 4.69) is 24.3 Å². The number of carbonyl (C=O) groups is 1. The van der Waals surface area contributed by atoms with E-state index in [1.165, 1.54) is 22.3 Å². The van der Waals surface area contributed by atoms with Gasteiger partial charge in [-0.3, -0.25) is 0 Å². The van der Waals surface area contributed by atoms with Crippen molar-refractivity contribution in [3.63, 3.8) is 0 Å². The maximum atomic E-state index is 12.7. The molecule has 2 aromatic rings. The number of hydrogen-bond acceptors (Lipinski definition) is 4. The monoisotopic (exact) mass is 367 g/mol. The van der Waals surface area contributed by atoms with Gasteiger partial charge in [0.1, 0.15) is 12.2 Å². The van der Waals surface area contributed by atoms with Gasteiger partial charge in [-0.2, -0.15) is 0 Å². The molecule has 2 aromatic carbocycles. The number of likely N-dealkylation sites (tertiary alicyclic amines) is 1. The van der Waals surface area contributed by atoms with Gasteiger partial charge in [-0.15, -0.1) is 0 Å². The Morgan fingerprint density at radius 1 is 1.15 bits per heavy atom. The lowest BCUT2D eigenvalue weighted by Crippen LogP contribution is -2.53. The second-order valence-corrected chi connectivity index (χ2v) is 7.37. The van der Waals surface area contributed by atoms with E-state index in [4.69, 9.17) is 9.47 Å². The van der Waals surface area contributed by atoms with Crippen molar-refractivity contribution >= 4 is 6.09 Å². The van der Waals surface area contributed by atoms with Gasteiger partial charge in [-0.1, -0.05) is 48.5 Å². The predicted octanol–water partition coefficient (Wildman–Crippen LogP) is 3.41. The van der Waals surface area contributed by atoms with Crippen molar-refractivity contribution in [2.75, 3.05) is 33.4 Å². The average Bonchev–Trinajstić information content (AvgIpc) is 3.06. The minimum Gasteiger partial charge on any atom is -0.448 e. The standard InChI is InChI=1S/C22H25NO4/c1-26-22(15-24)11-6-12-23(14-22)21(25)27-13-20-18-9-4-2-7-16(18)17-8-3-5-10-19(17)20/h2-5,7-10,20,24H,6,11-15H2,1H3. The number of ether oxygens (including phenoxy) is 2. The van der Waals surface area contributed by atoms with E-state index >= 15 is 0 Å². The smallest absolute Gasteiger partial charge is 0.409 e. The summed E-state index contributed by atoms with van der Waals surface area (Å²) >= 11 is 0. The molecule has 1 saturated heterocycles. The number of aliphatic hydroxyl groups is 1. The molecular formula is C22H25NO4. The fraction of sp³-hybridized carbons (Fsp3) is 0.409. The lowest BCUT2D eigenvalue weighted by atomic mass is 9.94. The molecule has 0 radical (unpaired) electrons. The van der Waals surface area contributed by atoms with Crippen molar-refractivity contribution in [3.8, 4) is 11.1 Å². The number of nitrogens with zero attached hydrogens (tertiary/aromatic N) is 1. The molecule has 0 saturated carbocycles. The SMILES string of the molecule is COC1(CO)CCCN(C(=O)OCC2c3ccccc3-c3ccccc32)C1. The first kappa shape index (κ1) is 18.0. The van der Waals surface area contributed by atoms with Crippen molar-refractivity contribution in [2.45, 2.75) is 24.4 Å². The molecular weight excluding hydrogens is 342 g/mol. The van der Waals surface area contributed by atoms with E-state index < -0.39 is 5.60 Å². The van der Waals surface area contributed by atoms with Crippen LogP contribution in [0.4, 0.5) is 4.79 Å². The van der Waals surface area contributed by atoms with E-state index in [0.717, 1.165) is 12.8 Å². The number of amides is 1. The molecule has 0 aromatic heterocycles. The molecule has 2 aliphatic rings. The summed E-state index contributed by atoms with van der Waals surface area (Å²) in [7, 11) is 1.58. The first-order valence-electron chi connectivity index (χ1n) is 9.43. The second kappa shape index (κ2) is 7.33. The highest BCUT2D eigenvalue weighted by atomic mass is 16.6. The van der Waals surface area contributed by atoms with E-state index in [-0.39, 0.29) is 18.6 Å². The summed E-state index contributed by atoms with van der Waals surface area (Å²) in [6.45, 7) is 1.19. The van der Waals surface area contributed by atoms with E-state index in [1.54, 1.807) is 12.0 Å². The second-order valence-electron chi connectivity index (χ2n) is 7.37. The Morgan fingerprint density at radius 3 is 2.37 bits per heavy atom. The van der Waals surface area contributed by atoms with Crippen molar-refractivity contribution in [2.24, 2.45) is 0 Å². The topological polar surface area (TPSA) is 59.0 Å². The number of benzene rings is 2. The Kier molecular flexibility index (Phi) is 4.89. The van der Waals surface area contributed by atoms with Gasteiger partial charge < -0.3 is 19.5 Å². The highest BCUT2D eigenvalue weighted by Crippen LogP contribution is 2.44. The van der Waals surface area contributed by atoms with Crippen LogP contribution in [0.15, 0.2) is 48.5 Å². The van der Waals surface area contributed by atoms with E-state index in [0.29, 0.717) is 19.7 Å². The zero-order chi connectivity index (χ0) is 18.9. The number of fused-ring (bicyclic) bond motifs is 3. The molecule has 142 valence electrons. The normalized spacial score (nSPS) is 21.6.